The van der Waals surface area contributed by atoms with Gasteiger partial charge in [-0.15, -0.1) is 0 Å². The molecule has 188 valence electrons. The fourth-order valence-electron chi connectivity index (χ4n) is 4.50. The molecule has 1 aromatic carbocycles. The van der Waals surface area contributed by atoms with Gasteiger partial charge in [0.1, 0.15) is 12.4 Å². The molecule has 0 saturated heterocycles. The Kier molecular flexibility index (Phi) is 7.05. The number of aliphatic carboxylic acids is 1. The number of phenols is 1. The van der Waals surface area contributed by atoms with Crippen molar-refractivity contribution < 1.29 is 38.9 Å². The average Bonchev–Trinajstić information content (AvgIpc) is 3.18. The Morgan fingerprint density at radius 1 is 1.31 bits per heavy atom. The Hall–Kier alpha value is -4.21. The average molecular weight is 495 g/mol. The first kappa shape index (κ1) is 24.9. The number of esters is 2. The topological polar surface area (TPSA) is 143 Å². The number of pyridine rings is 1. The molecule has 1 amide bonds. The van der Waals surface area contributed by atoms with Gasteiger partial charge in [-0.25, -0.2) is 9.78 Å². The van der Waals surface area contributed by atoms with E-state index in [1.165, 1.54) is 4.90 Å². The number of carboxylic acids is 1. The Morgan fingerprint density at radius 3 is 2.78 bits per heavy atom. The van der Waals surface area contributed by atoms with E-state index in [-0.39, 0.29) is 38.2 Å². The number of aromatic nitrogens is 1. The van der Waals surface area contributed by atoms with E-state index in [1.54, 1.807) is 31.2 Å². The van der Waals surface area contributed by atoms with Crippen LogP contribution in [-0.4, -0.2) is 57.1 Å². The number of hydrogen-bond acceptors (Lipinski definition) is 8. The number of carboxylic acid groups (broad SMARTS) is 1. The fourth-order valence-corrected chi connectivity index (χ4v) is 4.50. The molecule has 10 heteroatoms. The number of carbonyl (C=O) groups is 4. The third-order valence-corrected chi connectivity index (χ3v) is 6.28. The van der Waals surface area contributed by atoms with Crippen molar-refractivity contribution >= 4 is 40.9 Å². The zero-order chi connectivity index (χ0) is 26.0. The number of phenolic OH excluding ortho intramolecular Hbond substituents is 1. The largest absolute Gasteiger partial charge is 0.508 e. The zero-order valence-electron chi connectivity index (χ0n) is 19.9. The summed E-state index contributed by atoms with van der Waals surface area (Å²) in [5.74, 6) is -2.38. The maximum absolute atomic E-state index is 12.6. The number of fused-ring (bicyclic) bond motifs is 2. The van der Waals surface area contributed by atoms with Crippen LogP contribution in [0.25, 0.3) is 16.6 Å². The van der Waals surface area contributed by atoms with Crippen molar-refractivity contribution in [2.75, 3.05) is 6.61 Å². The van der Waals surface area contributed by atoms with Gasteiger partial charge < -0.3 is 24.6 Å². The Labute approximate surface area is 206 Å². The molecule has 2 aromatic rings. The van der Waals surface area contributed by atoms with Gasteiger partial charge in [-0.2, -0.15) is 0 Å². The molecule has 2 aliphatic rings. The van der Waals surface area contributed by atoms with Gasteiger partial charge in [0.2, 0.25) is 12.5 Å². The number of amides is 1. The summed E-state index contributed by atoms with van der Waals surface area (Å²) in [5.41, 5.74) is 4.51. The highest BCUT2D eigenvalue weighted by Crippen LogP contribution is 2.38. The zero-order valence-corrected chi connectivity index (χ0v) is 19.9. The normalized spacial score (nSPS) is 18.4. The van der Waals surface area contributed by atoms with Crippen molar-refractivity contribution in [2.24, 2.45) is 0 Å². The van der Waals surface area contributed by atoms with Crippen LogP contribution in [0.2, 0.25) is 0 Å². The molecule has 1 unspecified atom stereocenters. The number of nitrogens with zero attached hydrogens (tertiary/aromatic N) is 2. The summed E-state index contributed by atoms with van der Waals surface area (Å²) in [5, 5.41) is 19.6. The molecule has 2 aliphatic heterocycles. The third-order valence-electron chi connectivity index (χ3n) is 6.28. The molecule has 1 aromatic heterocycles. The number of cyclic esters (lactones) is 1. The quantitative estimate of drug-likeness (QED) is 0.418. The standard InChI is InChI=1S/C26H26N2O8/c1-3-16-18-9-15(30)7-8-20(18)27-24-19(16)11-28(13-29)21(24)10-17-14(2)12-35-26(34)25(17)36-23(33)6-4-5-22(31)32/h7-10,13,25,30H,3-6,11-12H2,1-2H3,(H,31,32)/b21-10-. The van der Waals surface area contributed by atoms with Crippen LogP contribution >= 0.6 is 0 Å². The minimum Gasteiger partial charge on any atom is -0.508 e. The van der Waals surface area contributed by atoms with Crippen molar-refractivity contribution in [3.8, 4) is 5.75 Å². The van der Waals surface area contributed by atoms with Gasteiger partial charge in [0.05, 0.1) is 23.5 Å². The first-order chi connectivity index (χ1) is 17.2. The van der Waals surface area contributed by atoms with Crippen molar-refractivity contribution in [3.05, 3.63) is 52.2 Å². The summed E-state index contributed by atoms with van der Waals surface area (Å²) in [6, 6.07) is 4.90. The van der Waals surface area contributed by atoms with E-state index >= 15 is 0 Å². The van der Waals surface area contributed by atoms with E-state index in [1.807, 2.05) is 6.92 Å². The van der Waals surface area contributed by atoms with Gasteiger partial charge in [0, 0.05) is 29.4 Å². The van der Waals surface area contributed by atoms with Crippen LogP contribution in [-0.2, 0) is 41.6 Å². The molecule has 3 heterocycles. The molecule has 10 nitrogen and oxygen atoms in total. The lowest BCUT2D eigenvalue weighted by Gasteiger charge is -2.25. The molecule has 2 N–H and O–H groups in total. The smallest absolute Gasteiger partial charge is 0.352 e. The molecule has 0 radical (unpaired) electrons. The monoisotopic (exact) mass is 494 g/mol. The van der Waals surface area contributed by atoms with Crippen molar-refractivity contribution in [2.45, 2.75) is 52.2 Å². The summed E-state index contributed by atoms with van der Waals surface area (Å²) in [6.07, 6.45) is 1.33. The molecule has 0 bridgehead atoms. The van der Waals surface area contributed by atoms with Gasteiger partial charge in [-0.3, -0.25) is 14.4 Å². The maximum atomic E-state index is 12.6. The molecule has 0 fully saturated rings. The summed E-state index contributed by atoms with van der Waals surface area (Å²) >= 11 is 0. The Balaban J connectivity index is 1.75. The highest BCUT2D eigenvalue weighted by atomic mass is 16.6. The second-order valence-corrected chi connectivity index (χ2v) is 8.70. The van der Waals surface area contributed by atoms with Crippen LogP contribution in [0.15, 0.2) is 35.4 Å². The van der Waals surface area contributed by atoms with Crippen LogP contribution in [0, 0.1) is 0 Å². The lowest BCUT2D eigenvalue weighted by molar-refractivity contribution is -0.166. The molecular weight excluding hydrogens is 468 g/mol. The molecular formula is C26H26N2O8. The minimum atomic E-state index is -1.34. The Bertz CT molecular complexity index is 1330. The van der Waals surface area contributed by atoms with E-state index in [0.717, 1.165) is 16.5 Å². The molecule has 0 saturated carbocycles. The Morgan fingerprint density at radius 2 is 2.08 bits per heavy atom. The number of aryl methyl sites for hydroxylation is 1. The van der Waals surface area contributed by atoms with Gasteiger partial charge in [0.15, 0.2) is 0 Å². The minimum absolute atomic E-state index is 0.00357. The van der Waals surface area contributed by atoms with Gasteiger partial charge in [0.25, 0.3) is 0 Å². The van der Waals surface area contributed by atoms with E-state index in [0.29, 0.717) is 40.9 Å². The molecule has 1 atom stereocenters. The van der Waals surface area contributed by atoms with Gasteiger partial charge in [-0.05, 0) is 55.2 Å². The first-order valence-electron chi connectivity index (χ1n) is 11.6. The van der Waals surface area contributed by atoms with E-state index < -0.39 is 24.0 Å². The maximum Gasteiger partial charge on any atom is 0.352 e. The fraction of sp³-hybridized carbons (Fsp3) is 0.346. The van der Waals surface area contributed by atoms with Crippen LogP contribution in [0.3, 0.4) is 0 Å². The van der Waals surface area contributed by atoms with E-state index in [9.17, 15) is 24.3 Å². The van der Waals surface area contributed by atoms with Crippen LogP contribution in [0.4, 0.5) is 0 Å². The van der Waals surface area contributed by atoms with Gasteiger partial charge in [-0.1, -0.05) is 6.92 Å². The van der Waals surface area contributed by atoms with Crippen LogP contribution in [0.5, 0.6) is 5.75 Å². The van der Waals surface area contributed by atoms with Crippen molar-refractivity contribution in [1.82, 2.24) is 9.88 Å². The van der Waals surface area contributed by atoms with Crippen molar-refractivity contribution in [1.29, 1.82) is 0 Å². The van der Waals surface area contributed by atoms with E-state index in [2.05, 4.69) is 0 Å². The second kappa shape index (κ2) is 10.2. The second-order valence-electron chi connectivity index (χ2n) is 8.70. The summed E-state index contributed by atoms with van der Waals surface area (Å²) in [6.45, 7) is 3.99. The van der Waals surface area contributed by atoms with Gasteiger partial charge >= 0.3 is 17.9 Å². The summed E-state index contributed by atoms with van der Waals surface area (Å²) in [7, 11) is 0. The number of rotatable bonds is 8. The highest BCUT2D eigenvalue weighted by Gasteiger charge is 2.36. The number of benzene rings is 1. The SMILES string of the molecule is CCc1c2c(nc3ccc(O)cc13)/C(=C/C1=C(C)COC(=O)C1OC(=O)CCCC(=O)O)N(C=O)C2. The summed E-state index contributed by atoms with van der Waals surface area (Å²) < 4.78 is 10.5. The number of ether oxygens (including phenoxy) is 2. The van der Waals surface area contributed by atoms with Crippen LogP contribution < -0.4 is 0 Å². The molecule has 36 heavy (non-hydrogen) atoms. The molecule has 0 aliphatic carbocycles. The van der Waals surface area contributed by atoms with Crippen LogP contribution in [0.1, 0.15) is 49.9 Å². The molecule has 4 rings (SSSR count). The van der Waals surface area contributed by atoms with E-state index in [4.69, 9.17) is 19.6 Å². The number of hydrogen-bond donors (Lipinski definition) is 2. The molecule has 0 spiro atoms. The first-order valence-corrected chi connectivity index (χ1v) is 11.6. The predicted molar refractivity (Wildman–Crippen MR) is 127 cm³/mol. The predicted octanol–water partition coefficient (Wildman–Crippen LogP) is 2.86. The number of carbonyl (C=O) groups excluding carboxylic acids is 3. The summed E-state index contributed by atoms with van der Waals surface area (Å²) in [4.78, 5) is 53.9. The third kappa shape index (κ3) is 4.79. The lowest BCUT2D eigenvalue weighted by atomic mass is 9.97. The highest BCUT2D eigenvalue weighted by molar-refractivity contribution is 5.92. The lowest BCUT2D eigenvalue weighted by Crippen LogP contribution is -2.35. The van der Waals surface area contributed by atoms with Crippen molar-refractivity contribution in [3.63, 3.8) is 0 Å². The number of aromatic hydroxyl groups is 1.